The SMILES string of the molecule is CCC(CC)(CN)NC(=O)C1CCN(Cc2csc(C)n2)CC1. The lowest BCUT2D eigenvalue weighted by Gasteiger charge is -2.36. The molecule has 1 aliphatic heterocycles. The molecule has 1 fully saturated rings. The van der Waals surface area contributed by atoms with Crippen LogP contribution in [0.1, 0.15) is 50.2 Å². The number of likely N-dealkylation sites (tertiary alicyclic amines) is 1. The van der Waals surface area contributed by atoms with E-state index in [0.717, 1.165) is 56.0 Å². The highest BCUT2D eigenvalue weighted by Gasteiger charge is 2.31. The fourth-order valence-corrected chi connectivity index (χ4v) is 3.80. The van der Waals surface area contributed by atoms with Gasteiger partial charge in [0.05, 0.1) is 16.2 Å². The molecular weight excluding hydrogens is 308 g/mol. The number of hydrogen-bond donors (Lipinski definition) is 2. The summed E-state index contributed by atoms with van der Waals surface area (Å²) in [5, 5.41) is 6.47. The molecule has 1 aromatic rings. The van der Waals surface area contributed by atoms with Crippen molar-refractivity contribution in [3.63, 3.8) is 0 Å². The highest BCUT2D eigenvalue weighted by atomic mass is 32.1. The van der Waals surface area contributed by atoms with Gasteiger partial charge in [-0.25, -0.2) is 4.98 Å². The summed E-state index contributed by atoms with van der Waals surface area (Å²) in [5.74, 6) is 0.302. The molecule has 0 saturated carbocycles. The van der Waals surface area contributed by atoms with E-state index in [0.29, 0.717) is 6.54 Å². The summed E-state index contributed by atoms with van der Waals surface area (Å²) in [6, 6.07) is 0. The van der Waals surface area contributed by atoms with Crippen LogP contribution in [0.5, 0.6) is 0 Å². The number of carbonyl (C=O) groups is 1. The van der Waals surface area contributed by atoms with Crippen LogP contribution in [0.25, 0.3) is 0 Å². The molecule has 130 valence electrons. The Labute approximate surface area is 143 Å². The molecule has 1 saturated heterocycles. The predicted octanol–water partition coefficient (Wildman–Crippen LogP) is 2.30. The molecule has 1 aliphatic rings. The summed E-state index contributed by atoms with van der Waals surface area (Å²) < 4.78 is 0. The summed E-state index contributed by atoms with van der Waals surface area (Å²) in [5.41, 5.74) is 6.81. The quantitative estimate of drug-likeness (QED) is 0.800. The molecule has 2 rings (SSSR count). The van der Waals surface area contributed by atoms with E-state index in [4.69, 9.17) is 5.73 Å². The van der Waals surface area contributed by atoms with Crippen LogP contribution in [-0.2, 0) is 11.3 Å². The lowest BCUT2D eigenvalue weighted by atomic mass is 9.89. The molecule has 0 atom stereocenters. The fraction of sp³-hybridized carbons (Fsp3) is 0.765. The zero-order valence-corrected chi connectivity index (χ0v) is 15.4. The van der Waals surface area contributed by atoms with Crippen molar-refractivity contribution >= 4 is 17.2 Å². The maximum atomic E-state index is 12.6. The normalized spacial score (nSPS) is 17.4. The molecule has 1 amide bonds. The summed E-state index contributed by atoms with van der Waals surface area (Å²) >= 11 is 1.70. The molecule has 3 N–H and O–H groups in total. The number of piperidine rings is 1. The van der Waals surface area contributed by atoms with Gasteiger partial charge in [-0.05, 0) is 45.7 Å². The number of amides is 1. The van der Waals surface area contributed by atoms with Gasteiger partial charge in [-0.1, -0.05) is 13.8 Å². The molecule has 0 radical (unpaired) electrons. The van der Waals surface area contributed by atoms with Gasteiger partial charge in [-0.2, -0.15) is 0 Å². The Kier molecular flexibility index (Phi) is 6.56. The lowest BCUT2D eigenvalue weighted by molar-refractivity contribution is -0.128. The van der Waals surface area contributed by atoms with E-state index in [1.807, 2.05) is 6.92 Å². The summed E-state index contributed by atoms with van der Waals surface area (Å²) in [6.07, 6.45) is 3.60. The van der Waals surface area contributed by atoms with E-state index < -0.39 is 0 Å². The number of aromatic nitrogens is 1. The van der Waals surface area contributed by atoms with E-state index in [1.165, 1.54) is 0 Å². The van der Waals surface area contributed by atoms with Crippen LogP contribution in [0.3, 0.4) is 0 Å². The predicted molar refractivity (Wildman–Crippen MR) is 95.4 cm³/mol. The summed E-state index contributed by atoms with van der Waals surface area (Å²) in [7, 11) is 0. The third-order valence-electron chi connectivity index (χ3n) is 5.14. The fourth-order valence-electron chi connectivity index (χ4n) is 3.19. The maximum Gasteiger partial charge on any atom is 0.223 e. The van der Waals surface area contributed by atoms with Crippen molar-refractivity contribution in [1.82, 2.24) is 15.2 Å². The molecule has 0 aromatic carbocycles. The number of carbonyl (C=O) groups excluding carboxylic acids is 1. The van der Waals surface area contributed by atoms with Crippen LogP contribution >= 0.6 is 11.3 Å². The highest BCUT2D eigenvalue weighted by Crippen LogP contribution is 2.22. The Bertz CT molecular complexity index is 496. The van der Waals surface area contributed by atoms with Crippen LogP contribution in [0, 0.1) is 12.8 Å². The number of aryl methyl sites for hydroxylation is 1. The van der Waals surface area contributed by atoms with E-state index in [2.05, 4.69) is 34.4 Å². The smallest absolute Gasteiger partial charge is 0.223 e. The van der Waals surface area contributed by atoms with Crippen LogP contribution in [0.2, 0.25) is 0 Å². The summed E-state index contributed by atoms with van der Waals surface area (Å²) in [4.78, 5) is 19.5. The lowest BCUT2D eigenvalue weighted by Crippen LogP contribution is -2.55. The first kappa shape index (κ1) is 18.4. The second kappa shape index (κ2) is 8.22. The number of hydrogen-bond acceptors (Lipinski definition) is 5. The minimum atomic E-state index is -0.230. The standard InChI is InChI=1S/C17H30N4OS/c1-4-17(5-2,12-18)20-16(22)14-6-8-21(9-7-14)10-15-11-23-13(3)19-15/h11,14H,4-10,12,18H2,1-3H3,(H,20,22). The van der Waals surface area contributed by atoms with Gasteiger partial charge >= 0.3 is 0 Å². The molecule has 0 spiro atoms. The Morgan fingerprint density at radius 1 is 1.43 bits per heavy atom. The van der Waals surface area contributed by atoms with Crippen LogP contribution in [-0.4, -0.2) is 41.0 Å². The molecular formula is C17H30N4OS. The maximum absolute atomic E-state index is 12.6. The molecule has 0 aliphatic carbocycles. The Hall–Kier alpha value is -0.980. The van der Waals surface area contributed by atoms with Crippen molar-refractivity contribution < 1.29 is 4.79 Å². The monoisotopic (exact) mass is 338 g/mol. The van der Waals surface area contributed by atoms with Gasteiger partial charge < -0.3 is 11.1 Å². The van der Waals surface area contributed by atoms with Crippen molar-refractivity contribution in [2.75, 3.05) is 19.6 Å². The van der Waals surface area contributed by atoms with Crippen LogP contribution in [0.4, 0.5) is 0 Å². The van der Waals surface area contributed by atoms with Gasteiger partial charge in [-0.3, -0.25) is 9.69 Å². The first-order valence-electron chi connectivity index (χ1n) is 8.67. The van der Waals surface area contributed by atoms with E-state index in [-0.39, 0.29) is 17.4 Å². The topological polar surface area (TPSA) is 71.2 Å². The first-order chi connectivity index (χ1) is 11.0. The molecule has 1 aromatic heterocycles. The second-order valence-corrected chi connectivity index (χ2v) is 7.65. The van der Waals surface area contributed by atoms with Crippen LogP contribution < -0.4 is 11.1 Å². The van der Waals surface area contributed by atoms with Crippen molar-refractivity contribution in [3.8, 4) is 0 Å². The van der Waals surface area contributed by atoms with Crippen molar-refractivity contribution in [2.24, 2.45) is 11.7 Å². The molecule has 0 unspecified atom stereocenters. The van der Waals surface area contributed by atoms with Crippen molar-refractivity contribution in [1.29, 1.82) is 0 Å². The third kappa shape index (κ3) is 4.75. The minimum Gasteiger partial charge on any atom is -0.349 e. The van der Waals surface area contributed by atoms with Gasteiger partial charge in [0.25, 0.3) is 0 Å². The van der Waals surface area contributed by atoms with Crippen molar-refractivity contribution in [3.05, 3.63) is 16.1 Å². The highest BCUT2D eigenvalue weighted by molar-refractivity contribution is 7.09. The minimum absolute atomic E-state index is 0.118. The number of thiazole rings is 1. The van der Waals surface area contributed by atoms with E-state index in [9.17, 15) is 4.79 Å². The van der Waals surface area contributed by atoms with Crippen molar-refractivity contribution in [2.45, 2.75) is 58.5 Å². The molecule has 2 heterocycles. The number of rotatable bonds is 7. The second-order valence-electron chi connectivity index (χ2n) is 6.59. The Morgan fingerprint density at radius 3 is 2.57 bits per heavy atom. The summed E-state index contributed by atoms with van der Waals surface area (Å²) in [6.45, 7) is 9.55. The van der Waals surface area contributed by atoms with Gasteiger partial charge in [0.15, 0.2) is 0 Å². The van der Waals surface area contributed by atoms with E-state index >= 15 is 0 Å². The van der Waals surface area contributed by atoms with Crippen LogP contribution in [0.15, 0.2) is 5.38 Å². The average Bonchev–Trinajstić information content (AvgIpc) is 2.98. The average molecular weight is 339 g/mol. The third-order valence-corrected chi connectivity index (χ3v) is 5.97. The Balaban J connectivity index is 1.82. The molecule has 5 nitrogen and oxygen atoms in total. The number of nitrogens with zero attached hydrogens (tertiary/aromatic N) is 2. The largest absolute Gasteiger partial charge is 0.349 e. The Morgan fingerprint density at radius 2 is 2.09 bits per heavy atom. The molecule has 23 heavy (non-hydrogen) atoms. The zero-order chi connectivity index (χ0) is 16.9. The van der Waals surface area contributed by atoms with Gasteiger partial charge in [0, 0.05) is 24.4 Å². The van der Waals surface area contributed by atoms with Gasteiger partial charge in [0.2, 0.25) is 5.91 Å². The number of nitrogens with two attached hydrogens (primary N) is 1. The first-order valence-corrected chi connectivity index (χ1v) is 9.55. The molecule has 0 bridgehead atoms. The van der Waals surface area contributed by atoms with Gasteiger partial charge in [-0.15, -0.1) is 11.3 Å². The zero-order valence-electron chi connectivity index (χ0n) is 14.6. The van der Waals surface area contributed by atoms with Gasteiger partial charge in [0.1, 0.15) is 0 Å². The number of nitrogens with one attached hydrogen (secondary N) is 1. The van der Waals surface area contributed by atoms with E-state index in [1.54, 1.807) is 11.3 Å². The molecule has 6 heteroatoms.